The average molecular weight is 275 g/mol. The summed E-state index contributed by atoms with van der Waals surface area (Å²) in [5.74, 6) is 0. The highest BCUT2D eigenvalue weighted by atomic mass is 16.5. The highest BCUT2D eigenvalue weighted by molar-refractivity contribution is 5.35. The molecule has 1 aliphatic carbocycles. The van der Waals surface area contributed by atoms with Gasteiger partial charge in [-0.25, -0.2) is 0 Å². The summed E-state index contributed by atoms with van der Waals surface area (Å²) in [6, 6.07) is 7.03. The van der Waals surface area contributed by atoms with Crippen molar-refractivity contribution in [2.45, 2.75) is 64.0 Å². The number of rotatable bonds is 4. The second-order valence-corrected chi connectivity index (χ2v) is 6.26. The number of hydrogen-bond donors (Lipinski definition) is 1. The molecule has 0 aromatic heterocycles. The first kappa shape index (κ1) is 15.5. The summed E-state index contributed by atoms with van der Waals surface area (Å²) in [6.45, 7) is 4.38. The molecule has 1 atom stereocenters. The van der Waals surface area contributed by atoms with E-state index >= 15 is 0 Å². The van der Waals surface area contributed by atoms with Crippen molar-refractivity contribution in [3.8, 4) is 0 Å². The summed E-state index contributed by atoms with van der Waals surface area (Å²) in [4.78, 5) is 0. The summed E-state index contributed by atoms with van der Waals surface area (Å²) >= 11 is 0. The van der Waals surface area contributed by atoms with Gasteiger partial charge in [-0.1, -0.05) is 49.4 Å². The van der Waals surface area contributed by atoms with Gasteiger partial charge in [0.1, 0.15) is 0 Å². The summed E-state index contributed by atoms with van der Waals surface area (Å²) in [7, 11) is 3.96. The van der Waals surface area contributed by atoms with Crippen LogP contribution in [0.5, 0.6) is 0 Å². The van der Waals surface area contributed by atoms with Crippen LogP contribution in [0.2, 0.25) is 0 Å². The quantitative estimate of drug-likeness (QED) is 0.827. The van der Waals surface area contributed by atoms with E-state index in [1.54, 1.807) is 0 Å². The van der Waals surface area contributed by atoms with Crippen LogP contribution in [0.15, 0.2) is 18.2 Å². The second-order valence-electron chi connectivity index (χ2n) is 6.26. The van der Waals surface area contributed by atoms with Crippen LogP contribution in [0.1, 0.15) is 61.3 Å². The Morgan fingerprint density at radius 3 is 2.30 bits per heavy atom. The number of aryl methyl sites for hydroxylation is 2. The predicted molar refractivity (Wildman–Crippen MR) is 85.2 cm³/mol. The van der Waals surface area contributed by atoms with Crippen molar-refractivity contribution in [3.63, 3.8) is 0 Å². The van der Waals surface area contributed by atoms with Crippen molar-refractivity contribution < 1.29 is 4.74 Å². The summed E-state index contributed by atoms with van der Waals surface area (Å²) in [6.07, 6.45) is 7.54. The lowest BCUT2D eigenvalue weighted by Gasteiger charge is -2.40. The first-order valence-corrected chi connectivity index (χ1v) is 7.92. The van der Waals surface area contributed by atoms with Gasteiger partial charge in [0.15, 0.2) is 0 Å². The van der Waals surface area contributed by atoms with Crippen LogP contribution >= 0.6 is 0 Å². The van der Waals surface area contributed by atoms with Crippen LogP contribution in [0, 0.1) is 13.8 Å². The normalized spacial score (nSPS) is 20.4. The number of benzene rings is 1. The molecule has 0 saturated heterocycles. The molecule has 20 heavy (non-hydrogen) atoms. The molecular formula is C18H29NO. The average Bonchev–Trinajstić information content (AvgIpc) is 2.70. The molecular weight excluding hydrogens is 246 g/mol. The lowest BCUT2D eigenvalue weighted by molar-refractivity contribution is -0.0524. The largest absolute Gasteiger partial charge is 0.376 e. The molecule has 1 N–H and O–H groups in total. The molecule has 1 saturated carbocycles. The first-order valence-electron chi connectivity index (χ1n) is 7.92. The molecule has 1 unspecified atom stereocenters. The molecule has 1 fully saturated rings. The van der Waals surface area contributed by atoms with Crippen LogP contribution in [0.4, 0.5) is 0 Å². The molecule has 0 spiro atoms. The minimum absolute atomic E-state index is 0.0518. The fraction of sp³-hybridized carbons (Fsp3) is 0.667. The van der Waals surface area contributed by atoms with E-state index in [-0.39, 0.29) is 11.6 Å². The zero-order valence-corrected chi connectivity index (χ0v) is 13.5. The monoisotopic (exact) mass is 275 g/mol. The smallest absolute Gasteiger partial charge is 0.0872 e. The minimum atomic E-state index is -0.0518. The van der Waals surface area contributed by atoms with E-state index in [0.717, 1.165) is 12.8 Å². The number of ether oxygens (including phenoxy) is 1. The van der Waals surface area contributed by atoms with Crippen LogP contribution < -0.4 is 5.32 Å². The lowest BCUT2D eigenvalue weighted by atomic mass is 9.80. The Morgan fingerprint density at radius 2 is 1.75 bits per heavy atom. The van der Waals surface area contributed by atoms with E-state index < -0.39 is 0 Å². The third kappa shape index (κ3) is 3.07. The number of likely N-dealkylation sites (N-methyl/N-ethyl adjacent to an activating group) is 1. The van der Waals surface area contributed by atoms with Crippen molar-refractivity contribution in [2.24, 2.45) is 0 Å². The molecule has 0 radical (unpaired) electrons. The van der Waals surface area contributed by atoms with Gasteiger partial charge in [0.25, 0.3) is 0 Å². The third-order valence-electron chi connectivity index (χ3n) is 4.92. The minimum Gasteiger partial charge on any atom is -0.376 e. The Morgan fingerprint density at radius 1 is 1.10 bits per heavy atom. The standard InChI is InChI=1S/C18H29NO/c1-14-9-10-15(2)16(13-14)17(19-3)18(20-4)11-7-5-6-8-12-18/h9-10,13,17,19H,5-8,11-12H2,1-4H3. The van der Waals surface area contributed by atoms with Crippen molar-refractivity contribution in [2.75, 3.05) is 14.2 Å². The van der Waals surface area contributed by atoms with Gasteiger partial charge in [-0.2, -0.15) is 0 Å². The molecule has 2 rings (SSSR count). The Hall–Kier alpha value is -0.860. The maximum atomic E-state index is 6.10. The maximum Gasteiger partial charge on any atom is 0.0872 e. The highest BCUT2D eigenvalue weighted by Gasteiger charge is 2.39. The van der Waals surface area contributed by atoms with E-state index in [1.807, 2.05) is 7.11 Å². The Labute approximate surface area is 123 Å². The molecule has 1 aromatic rings. The van der Waals surface area contributed by atoms with Crippen LogP contribution in [-0.2, 0) is 4.74 Å². The fourth-order valence-corrected chi connectivity index (χ4v) is 3.71. The van der Waals surface area contributed by atoms with Gasteiger partial charge in [-0.3, -0.25) is 0 Å². The van der Waals surface area contributed by atoms with Gasteiger partial charge in [0, 0.05) is 7.11 Å². The van der Waals surface area contributed by atoms with Crippen molar-refractivity contribution in [1.82, 2.24) is 5.32 Å². The van der Waals surface area contributed by atoms with Crippen molar-refractivity contribution in [3.05, 3.63) is 34.9 Å². The fourth-order valence-electron chi connectivity index (χ4n) is 3.71. The van der Waals surface area contributed by atoms with Gasteiger partial charge in [-0.05, 0) is 44.9 Å². The topological polar surface area (TPSA) is 21.3 Å². The van der Waals surface area contributed by atoms with E-state index in [2.05, 4.69) is 44.4 Å². The molecule has 0 amide bonds. The zero-order valence-electron chi connectivity index (χ0n) is 13.5. The molecule has 0 heterocycles. The van der Waals surface area contributed by atoms with Crippen LogP contribution in [0.25, 0.3) is 0 Å². The first-order chi connectivity index (χ1) is 9.63. The maximum absolute atomic E-state index is 6.10. The number of methoxy groups -OCH3 is 1. The number of nitrogens with one attached hydrogen (secondary N) is 1. The van der Waals surface area contributed by atoms with E-state index in [9.17, 15) is 0 Å². The van der Waals surface area contributed by atoms with Crippen LogP contribution in [-0.4, -0.2) is 19.8 Å². The Balaban J connectivity index is 2.40. The summed E-state index contributed by atoms with van der Waals surface area (Å²) in [5, 5.41) is 3.55. The van der Waals surface area contributed by atoms with Gasteiger partial charge >= 0.3 is 0 Å². The Bertz CT molecular complexity index is 433. The molecule has 0 bridgehead atoms. The molecule has 112 valence electrons. The molecule has 0 aliphatic heterocycles. The van der Waals surface area contributed by atoms with E-state index in [0.29, 0.717) is 0 Å². The summed E-state index contributed by atoms with van der Waals surface area (Å²) < 4.78 is 6.10. The summed E-state index contributed by atoms with van der Waals surface area (Å²) in [5.41, 5.74) is 4.03. The zero-order chi connectivity index (χ0) is 14.6. The molecule has 2 heteroatoms. The second kappa shape index (κ2) is 6.73. The van der Waals surface area contributed by atoms with Gasteiger partial charge < -0.3 is 10.1 Å². The van der Waals surface area contributed by atoms with Crippen molar-refractivity contribution in [1.29, 1.82) is 0 Å². The molecule has 1 aliphatic rings. The van der Waals surface area contributed by atoms with E-state index in [1.165, 1.54) is 42.4 Å². The van der Waals surface area contributed by atoms with Gasteiger partial charge in [0.2, 0.25) is 0 Å². The SMILES string of the molecule is CNC(c1cc(C)ccc1C)C1(OC)CCCCCC1. The van der Waals surface area contributed by atoms with Crippen LogP contribution in [0.3, 0.4) is 0 Å². The van der Waals surface area contributed by atoms with Gasteiger partial charge in [0.05, 0.1) is 11.6 Å². The van der Waals surface area contributed by atoms with Crippen molar-refractivity contribution >= 4 is 0 Å². The molecule has 1 aromatic carbocycles. The predicted octanol–water partition coefficient (Wildman–Crippen LogP) is 4.30. The van der Waals surface area contributed by atoms with E-state index in [4.69, 9.17) is 4.74 Å². The third-order valence-corrected chi connectivity index (χ3v) is 4.92. The Kier molecular flexibility index (Phi) is 5.22. The lowest BCUT2D eigenvalue weighted by Crippen LogP contribution is -2.44. The highest BCUT2D eigenvalue weighted by Crippen LogP contribution is 2.41. The molecule has 2 nitrogen and oxygen atoms in total. The number of hydrogen-bond acceptors (Lipinski definition) is 2. The van der Waals surface area contributed by atoms with Gasteiger partial charge in [-0.15, -0.1) is 0 Å².